The Kier molecular flexibility index (Phi) is 11.5. The smallest absolute Gasteiger partial charge is 1.00 e. The minimum absolute atomic E-state index is 0. The third kappa shape index (κ3) is 10.2. The molecule has 0 N–H and O–H groups in total. The van der Waals surface area contributed by atoms with Crippen molar-refractivity contribution in [3.8, 4) is 0 Å². The second-order valence-electron chi connectivity index (χ2n) is 3.23. The molecule has 0 aromatic carbocycles. The van der Waals surface area contributed by atoms with Crippen molar-refractivity contribution in [3.05, 3.63) is 11.6 Å². The van der Waals surface area contributed by atoms with Crippen molar-refractivity contribution >= 4 is 5.97 Å². The standard InChI is InChI=1S/C10H17FO2.Na.H/c1-8(2)13-10(12)5-4-9(3)6-7-11;;/h4,8H,5-7H2,1-3H3;;/q;+1;-1. The zero-order chi connectivity index (χ0) is 10.3. The molecule has 0 aliphatic heterocycles. The van der Waals surface area contributed by atoms with Crippen LogP contribution in [-0.2, 0) is 9.53 Å². The Labute approximate surface area is 109 Å². The van der Waals surface area contributed by atoms with E-state index in [-0.39, 0.29) is 56.2 Å². The predicted molar refractivity (Wildman–Crippen MR) is 51.3 cm³/mol. The first-order valence-corrected chi connectivity index (χ1v) is 4.47. The van der Waals surface area contributed by atoms with Crippen molar-refractivity contribution in [1.82, 2.24) is 0 Å². The van der Waals surface area contributed by atoms with Crippen LogP contribution in [0.3, 0.4) is 0 Å². The average Bonchev–Trinajstić information content (AvgIpc) is 2.00. The van der Waals surface area contributed by atoms with Gasteiger partial charge in [-0.3, -0.25) is 9.18 Å². The zero-order valence-corrected chi connectivity index (χ0v) is 11.5. The van der Waals surface area contributed by atoms with Gasteiger partial charge in [0.25, 0.3) is 0 Å². The molecule has 14 heavy (non-hydrogen) atoms. The minimum Gasteiger partial charge on any atom is -1.00 e. The molecule has 78 valence electrons. The summed E-state index contributed by atoms with van der Waals surface area (Å²) in [5.74, 6) is -0.256. The number of allylic oxidation sites excluding steroid dienone is 1. The van der Waals surface area contributed by atoms with E-state index in [0.717, 1.165) is 5.57 Å². The van der Waals surface area contributed by atoms with Gasteiger partial charge in [-0.2, -0.15) is 0 Å². The molecule has 0 aromatic heterocycles. The van der Waals surface area contributed by atoms with E-state index in [9.17, 15) is 9.18 Å². The Hall–Kier alpha value is 0.140. The first kappa shape index (κ1) is 16.6. The number of alkyl halides is 1. The molecule has 0 fully saturated rings. The molecule has 0 atom stereocenters. The minimum atomic E-state index is -0.373. The Bertz CT molecular complexity index is 196. The van der Waals surface area contributed by atoms with Gasteiger partial charge in [-0.15, -0.1) is 0 Å². The normalized spacial score (nSPS) is 11.1. The summed E-state index contributed by atoms with van der Waals surface area (Å²) in [6.07, 6.45) is 2.27. The number of ether oxygens (including phenoxy) is 1. The number of carbonyl (C=O) groups excluding carboxylic acids is 1. The van der Waals surface area contributed by atoms with Crippen molar-refractivity contribution in [2.24, 2.45) is 0 Å². The van der Waals surface area contributed by atoms with E-state index in [2.05, 4.69) is 0 Å². The molecule has 0 unspecified atom stereocenters. The van der Waals surface area contributed by atoms with E-state index in [1.807, 2.05) is 6.92 Å². The molecule has 0 radical (unpaired) electrons. The Morgan fingerprint density at radius 3 is 2.57 bits per heavy atom. The van der Waals surface area contributed by atoms with Crippen LogP contribution in [-0.4, -0.2) is 18.7 Å². The number of esters is 1. The van der Waals surface area contributed by atoms with Crippen LogP contribution in [0.15, 0.2) is 11.6 Å². The third-order valence-corrected chi connectivity index (χ3v) is 1.47. The Morgan fingerprint density at radius 1 is 1.57 bits per heavy atom. The van der Waals surface area contributed by atoms with Crippen LogP contribution in [0.5, 0.6) is 0 Å². The molecule has 4 heteroatoms. The predicted octanol–water partition coefficient (Wildman–Crippen LogP) is -0.250. The quantitative estimate of drug-likeness (QED) is 0.357. The fraction of sp³-hybridized carbons (Fsp3) is 0.700. The van der Waals surface area contributed by atoms with E-state index >= 15 is 0 Å². The summed E-state index contributed by atoms with van der Waals surface area (Å²) in [4.78, 5) is 11.0. The van der Waals surface area contributed by atoms with Gasteiger partial charge in [0.1, 0.15) is 0 Å². The van der Waals surface area contributed by atoms with Gasteiger partial charge in [0.2, 0.25) is 0 Å². The van der Waals surface area contributed by atoms with Crippen LogP contribution in [0.4, 0.5) is 4.39 Å². The van der Waals surface area contributed by atoms with Gasteiger partial charge in [-0.25, -0.2) is 0 Å². The van der Waals surface area contributed by atoms with E-state index in [1.54, 1.807) is 19.9 Å². The van der Waals surface area contributed by atoms with Crippen LogP contribution >= 0.6 is 0 Å². The molecular weight excluding hydrogens is 194 g/mol. The van der Waals surface area contributed by atoms with E-state index < -0.39 is 0 Å². The van der Waals surface area contributed by atoms with Crippen LogP contribution in [0.25, 0.3) is 0 Å². The monoisotopic (exact) mass is 212 g/mol. The molecule has 0 rings (SSSR count). The summed E-state index contributed by atoms with van der Waals surface area (Å²) in [6, 6.07) is 0. The maximum absolute atomic E-state index is 11.8. The van der Waals surface area contributed by atoms with Gasteiger partial charge in [-0.1, -0.05) is 11.6 Å². The fourth-order valence-electron chi connectivity index (χ4n) is 0.820. The van der Waals surface area contributed by atoms with E-state index in [4.69, 9.17) is 4.74 Å². The van der Waals surface area contributed by atoms with Gasteiger partial charge in [0.15, 0.2) is 0 Å². The molecule has 0 aliphatic carbocycles. The van der Waals surface area contributed by atoms with Crippen molar-refractivity contribution in [3.63, 3.8) is 0 Å². The maximum atomic E-state index is 11.8. The molecule has 0 amide bonds. The summed E-state index contributed by atoms with van der Waals surface area (Å²) < 4.78 is 16.7. The molecule has 0 saturated carbocycles. The number of halogens is 1. The molecule has 0 aromatic rings. The summed E-state index contributed by atoms with van der Waals surface area (Å²) in [7, 11) is 0. The molecule has 0 heterocycles. The van der Waals surface area contributed by atoms with Crippen molar-refractivity contribution in [2.75, 3.05) is 6.67 Å². The van der Waals surface area contributed by atoms with Gasteiger partial charge < -0.3 is 6.16 Å². The summed E-state index contributed by atoms with van der Waals surface area (Å²) in [6.45, 7) is 5.04. The van der Waals surface area contributed by atoms with Crippen molar-refractivity contribution in [2.45, 2.75) is 39.7 Å². The molecule has 0 spiro atoms. The molecule has 0 saturated heterocycles. The van der Waals surface area contributed by atoms with Crippen LogP contribution < -0.4 is 29.6 Å². The largest absolute Gasteiger partial charge is 1.00 e. The van der Waals surface area contributed by atoms with Gasteiger partial charge >= 0.3 is 35.5 Å². The van der Waals surface area contributed by atoms with Gasteiger partial charge in [-0.05, 0) is 27.2 Å². The Balaban J connectivity index is -0.000000720. The van der Waals surface area contributed by atoms with E-state index in [0.29, 0.717) is 6.42 Å². The zero-order valence-electron chi connectivity index (χ0n) is 10.5. The van der Waals surface area contributed by atoms with Crippen molar-refractivity contribution < 1.29 is 44.9 Å². The molecule has 0 aliphatic rings. The van der Waals surface area contributed by atoms with Crippen LogP contribution in [0.2, 0.25) is 0 Å². The second-order valence-corrected chi connectivity index (χ2v) is 3.23. The van der Waals surface area contributed by atoms with Crippen LogP contribution in [0.1, 0.15) is 35.0 Å². The summed E-state index contributed by atoms with van der Waals surface area (Å²) >= 11 is 0. The van der Waals surface area contributed by atoms with Gasteiger partial charge in [0.05, 0.1) is 19.2 Å². The number of carbonyl (C=O) groups is 1. The number of hydrogen-bond donors (Lipinski definition) is 0. The SMILES string of the molecule is CC(=CCC(=O)OC(C)C)CCF.[H-].[Na+]. The topological polar surface area (TPSA) is 26.3 Å². The molecule has 2 nitrogen and oxygen atoms in total. The number of rotatable bonds is 5. The summed E-state index contributed by atoms with van der Waals surface area (Å²) in [5.41, 5.74) is 0.892. The number of hydrogen-bond acceptors (Lipinski definition) is 2. The maximum Gasteiger partial charge on any atom is 1.00 e. The second kappa shape index (κ2) is 9.69. The van der Waals surface area contributed by atoms with Crippen molar-refractivity contribution in [1.29, 1.82) is 0 Å². The van der Waals surface area contributed by atoms with Gasteiger partial charge in [0, 0.05) is 0 Å². The van der Waals surface area contributed by atoms with E-state index in [1.165, 1.54) is 0 Å². The van der Waals surface area contributed by atoms with Crippen LogP contribution in [0, 0.1) is 0 Å². The molecule has 0 bridgehead atoms. The third-order valence-electron chi connectivity index (χ3n) is 1.47. The first-order valence-electron chi connectivity index (χ1n) is 4.47. The Morgan fingerprint density at radius 2 is 2.14 bits per heavy atom. The summed E-state index contributed by atoms with van der Waals surface area (Å²) in [5, 5.41) is 0. The fourth-order valence-corrected chi connectivity index (χ4v) is 0.820. The first-order chi connectivity index (χ1) is 6.06. The molecular formula is C10H18FNaO2. The average molecular weight is 212 g/mol.